The Balaban J connectivity index is 2.62. The highest BCUT2D eigenvalue weighted by Crippen LogP contribution is 2.17. The molecule has 1 aliphatic heterocycles. The van der Waals surface area contributed by atoms with E-state index in [0.29, 0.717) is 13.0 Å². The molecule has 2 atom stereocenters. The molecule has 0 aromatic heterocycles. The van der Waals surface area contributed by atoms with E-state index in [1.54, 1.807) is 0 Å². The third kappa shape index (κ3) is 2.15. The first-order valence-electron chi connectivity index (χ1n) is 3.64. The van der Waals surface area contributed by atoms with E-state index in [4.69, 9.17) is 5.73 Å². The Morgan fingerprint density at radius 2 is 2.18 bits per heavy atom. The van der Waals surface area contributed by atoms with Gasteiger partial charge in [0.15, 0.2) is 9.84 Å². The van der Waals surface area contributed by atoms with Crippen molar-refractivity contribution in [3.63, 3.8) is 0 Å². The summed E-state index contributed by atoms with van der Waals surface area (Å²) in [6.45, 7) is 0.372. The van der Waals surface area contributed by atoms with Crippen LogP contribution in [0.1, 0.15) is 6.42 Å². The smallest absolute Gasteiger partial charge is 0.152 e. The average molecular weight is 179 g/mol. The normalized spacial score (nSPS) is 36.9. The van der Waals surface area contributed by atoms with Crippen LogP contribution < -0.4 is 5.73 Å². The fraction of sp³-hybridized carbons (Fsp3) is 1.00. The van der Waals surface area contributed by atoms with Crippen molar-refractivity contribution < 1.29 is 13.5 Å². The van der Waals surface area contributed by atoms with Gasteiger partial charge in [0.05, 0.1) is 17.6 Å². The highest BCUT2D eigenvalue weighted by atomic mass is 32.2. The van der Waals surface area contributed by atoms with Crippen LogP contribution >= 0.6 is 0 Å². The van der Waals surface area contributed by atoms with Crippen molar-refractivity contribution in [3.8, 4) is 0 Å². The van der Waals surface area contributed by atoms with E-state index in [2.05, 4.69) is 0 Å². The van der Waals surface area contributed by atoms with E-state index >= 15 is 0 Å². The van der Waals surface area contributed by atoms with Gasteiger partial charge in [-0.2, -0.15) is 0 Å². The average Bonchev–Trinajstić information content (AvgIpc) is 1.86. The standard InChI is InChI=1S/C6H13NO3S/c7-3-5-1-2-11(9,10)4-6(5)8/h5-6,8H,1-4,7H2. The molecule has 1 heterocycles. The molecule has 2 unspecified atom stereocenters. The summed E-state index contributed by atoms with van der Waals surface area (Å²) in [6.07, 6.45) is -0.251. The molecule has 1 rings (SSSR count). The number of sulfone groups is 1. The molecule has 5 heteroatoms. The second-order valence-electron chi connectivity index (χ2n) is 2.97. The number of aliphatic hydroxyl groups is 1. The Kier molecular flexibility index (Phi) is 2.51. The summed E-state index contributed by atoms with van der Waals surface area (Å²) in [5.41, 5.74) is 5.33. The molecule has 0 spiro atoms. The Morgan fingerprint density at radius 3 is 2.64 bits per heavy atom. The minimum Gasteiger partial charge on any atom is -0.392 e. The molecular weight excluding hydrogens is 166 g/mol. The summed E-state index contributed by atoms with van der Waals surface area (Å²) < 4.78 is 21.8. The molecule has 1 fully saturated rings. The van der Waals surface area contributed by atoms with E-state index in [0.717, 1.165) is 0 Å². The lowest BCUT2D eigenvalue weighted by molar-refractivity contribution is 0.125. The van der Waals surface area contributed by atoms with Crippen LogP contribution in [0.5, 0.6) is 0 Å². The van der Waals surface area contributed by atoms with Gasteiger partial charge < -0.3 is 10.8 Å². The lowest BCUT2D eigenvalue weighted by atomic mass is 10.0. The van der Waals surface area contributed by atoms with Gasteiger partial charge in [-0.25, -0.2) is 8.42 Å². The first-order chi connectivity index (χ1) is 5.05. The number of hydrogen-bond donors (Lipinski definition) is 2. The predicted molar refractivity (Wildman–Crippen MR) is 41.8 cm³/mol. The minimum atomic E-state index is -2.98. The van der Waals surface area contributed by atoms with Crippen molar-refractivity contribution in [2.24, 2.45) is 11.7 Å². The predicted octanol–water partition coefficient (Wildman–Crippen LogP) is -1.26. The monoisotopic (exact) mass is 179 g/mol. The maximum absolute atomic E-state index is 10.9. The molecule has 1 saturated heterocycles. The van der Waals surface area contributed by atoms with Gasteiger partial charge in [0, 0.05) is 0 Å². The maximum Gasteiger partial charge on any atom is 0.152 e. The summed E-state index contributed by atoms with van der Waals surface area (Å²) in [5, 5.41) is 9.25. The fourth-order valence-corrected chi connectivity index (χ4v) is 2.90. The number of rotatable bonds is 1. The Bertz CT molecular complexity index is 224. The number of nitrogens with two attached hydrogens (primary N) is 1. The van der Waals surface area contributed by atoms with Gasteiger partial charge in [0.2, 0.25) is 0 Å². The Labute approximate surface area is 66.3 Å². The molecule has 3 N–H and O–H groups in total. The molecule has 0 aromatic rings. The van der Waals surface area contributed by atoms with E-state index in [-0.39, 0.29) is 17.4 Å². The van der Waals surface area contributed by atoms with Crippen LogP contribution in [0.15, 0.2) is 0 Å². The van der Waals surface area contributed by atoms with Crippen LogP contribution in [0.4, 0.5) is 0 Å². The van der Waals surface area contributed by atoms with Crippen LogP contribution in [0.25, 0.3) is 0 Å². The van der Waals surface area contributed by atoms with Crippen molar-refractivity contribution in [1.82, 2.24) is 0 Å². The summed E-state index contributed by atoms with van der Waals surface area (Å²) in [5.74, 6) is 0.0272. The molecule has 11 heavy (non-hydrogen) atoms. The zero-order valence-electron chi connectivity index (χ0n) is 6.23. The summed E-state index contributed by atoms with van der Waals surface area (Å²) >= 11 is 0. The second kappa shape index (κ2) is 3.08. The van der Waals surface area contributed by atoms with E-state index < -0.39 is 15.9 Å². The highest BCUT2D eigenvalue weighted by molar-refractivity contribution is 7.91. The van der Waals surface area contributed by atoms with Crippen LogP contribution in [0, 0.1) is 5.92 Å². The fourth-order valence-electron chi connectivity index (χ4n) is 1.28. The first kappa shape index (κ1) is 8.96. The lowest BCUT2D eigenvalue weighted by Gasteiger charge is -2.25. The van der Waals surface area contributed by atoms with Crippen molar-refractivity contribution in [2.75, 3.05) is 18.1 Å². The van der Waals surface area contributed by atoms with Crippen LogP contribution in [-0.2, 0) is 9.84 Å². The molecule has 1 aliphatic rings. The largest absolute Gasteiger partial charge is 0.392 e. The van der Waals surface area contributed by atoms with Gasteiger partial charge in [-0.15, -0.1) is 0 Å². The third-order valence-electron chi connectivity index (χ3n) is 2.07. The quantitative estimate of drug-likeness (QED) is 0.526. The third-order valence-corrected chi connectivity index (χ3v) is 3.78. The van der Waals surface area contributed by atoms with Crippen LogP contribution in [0.3, 0.4) is 0 Å². The van der Waals surface area contributed by atoms with Crippen molar-refractivity contribution in [1.29, 1.82) is 0 Å². The van der Waals surface area contributed by atoms with E-state index in [1.165, 1.54) is 0 Å². The number of hydrogen-bond acceptors (Lipinski definition) is 4. The second-order valence-corrected chi connectivity index (χ2v) is 5.19. The molecule has 66 valence electrons. The van der Waals surface area contributed by atoms with Crippen LogP contribution in [-0.4, -0.2) is 37.7 Å². The van der Waals surface area contributed by atoms with Gasteiger partial charge in [0.25, 0.3) is 0 Å². The van der Waals surface area contributed by atoms with Crippen molar-refractivity contribution in [3.05, 3.63) is 0 Å². The van der Waals surface area contributed by atoms with Gasteiger partial charge >= 0.3 is 0 Å². The Morgan fingerprint density at radius 1 is 1.55 bits per heavy atom. The highest BCUT2D eigenvalue weighted by Gasteiger charge is 2.30. The SMILES string of the molecule is NCC1CCS(=O)(=O)CC1O. The minimum absolute atomic E-state index is 0.0291. The molecule has 0 aliphatic carbocycles. The zero-order chi connectivity index (χ0) is 8.48. The van der Waals surface area contributed by atoms with Crippen LogP contribution in [0.2, 0.25) is 0 Å². The summed E-state index contributed by atoms with van der Waals surface area (Å²) in [7, 11) is -2.98. The summed E-state index contributed by atoms with van der Waals surface area (Å²) in [4.78, 5) is 0. The van der Waals surface area contributed by atoms with Crippen molar-refractivity contribution >= 4 is 9.84 Å². The molecule has 0 aromatic carbocycles. The zero-order valence-corrected chi connectivity index (χ0v) is 7.05. The molecule has 4 nitrogen and oxygen atoms in total. The number of aliphatic hydroxyl groups excluding tert-OH is 1. The maximum atomic E-state index is 10.9. The van der Waals surface area contributed by atoms with E-state index in [9.17, 15) is 13.5 Å². The van der Waals surface area contributed by atoms with Gasteiger partial charge in [0.1, 0.15) is 0 Å². The van der Waals surface area contributed by atoms with E-state index in [1.807, 2.05) is 0 Å². The molecule has 0 bridgehead atoms. The molecule has 0 saturated carbocycles. The van der Waals surface area contributed by atoms with Gasteiger partial charge in [-0.05, 0) is 18.9 Å². The Hall–Kier alpha value is -0.130. The molecule has 0 radical (unpaired) electrons. The van der Waals surface area contributed by atoms with Gasteiger partial charge in [-0.1, -0.05) is 0 Å². The molecular formula is C6H13NO3S. The topological polar surface area (TPSA) is 80.4 Å². The molecule has 0 amide bonds. The summed E-state index contributed by atoms with van der Waals surface area (Å²) in [6, 6.07) is 0. The van der Waals surface area contributed by atoms with Crippen molar-refractivity contribution in [2.45, 2.75) is 12.5 Å². The first-order valence-corrected chi connectivity index (χ1v) is 5.46. The van der Waals surface area contributed by atoms with Gasteiger partial charge in [-0.3, -0.25) is 0 Å². The lowest BCUT2D eigenvalue weighted by Crippen LogP contribution is -2.40.